The molecule has 0 radical (unpaired) electrons. The largest absolute Gasteiger partial charge is 0.507 e. The Morgan fingerprint density at radius 2 is 1.67 bits per heavy atom. The predicted molar refractivity (Wildman–Crippen MR) is 99.5 cm³/mol. The molecule has 120 valence electrons. The quantitative estimate of drug-likeness (QED) is 0.479. The maximum atomic E-state index is 11.9. The molecule has 1 aromatic heterocycles. The van der Waals surface area contributed by atoms with Crippen molar-refractivity contribution in [2.24, 2.45) is 0 Å². The Balaban J connectivity index is 2.23. The lowest BCUT2D eigenvalue weighted by molar-refractivity contribution is 0.484. The standard InChI is InChI=1S/C19H13ClO3S/c1-9-7-13-14(8-10(9)2)17-18(24-19(22)23-17)15(16(13)21)11-3-5-12(20)6-4-11/h3-8,21H,1-2H3. The lowest BCUT2D eigenvalue weighted by atomic mass is 9.96. The van der Waals surface area contributed by atoms with E-state index in [1.165, 1.54) is 0 Å². The summed E-state index contributed by atoms with van der Waals surface area (Å²) >= 11 is 6.97. The second-order valence-corrected chi connectivity index (χ2v) is 7.21. The van der Waals surface area contributed by atoms with Crippen LogP contribution >= 0.6 is 22.9 Å². The van der Waals surface area contributed by atoms with E-state index in [4.69, 9.17) is 16.0 Å². The minimum Gasteiger partial charge on any atom is -0.507 e. The van der Waals surface area contributed by atoms with Gasteiger partial charge >= 0.3 is 4.94 Å². The fraction of sp³-hybridized carbons (Fsp3) is 0.105. The van der Waals surface area contributed by atoms with Gasteiger partial charge in [-0.15, -0.1) is 0 Å². The summed E-state index contributed by atoms with van der Waals surface area (Å²) in [6.45, 7) is 3.99. The Kier molecular flexibility index (Phi) is 3.41. The molecule has 4 rings (SSSR count). The van der Waals surface area contributed by atoms with Crippen molar-refractivity contribution in [2.75, 3.05) is 0 Å². The van der Waals surface area contributed by atoms with Crippen molar-refractivity contribution in [1.29, 1.82) is 0 Å². The average molecular weight is 357 g/mol. The zero-order valence-corrected chi connectivity index (χ0v) is 14.6. The first-order chi connectivity index (χ1) is 11.5. The Morgan fingerprint density at radius 1 is 1.04 bits per heavy atom. The molecule has 0 unspecified atom stereocenters. The number of rotatable bonds is 1. The zero-order chi connectivity index (χ0) is 17.0. The summed E-state index contributed by atoms with van der Waals surface area (Å²) in [6, 6.07) is 11.1. The average Bonchev–Trinajstić information content (AvgIpc) is 2.92. The van der Waals surface area contributed by atoms with Gasteiger partial charge in [0.15, 0.2) is 5.58 Å². The lowest BCUT2D eigenvalue weighted by Gasteiger charge is -2.12. The van der Waals surface area contributed by atoms with Gasteiger partial charge in [0.1, 0.15) is 5.75 Å². The van der Waals surface area contributed by atoms with Crippen LogP contribution in [0, 0.1) is 13.8 Å². The van der Waals surface area contributed by atoms with Crippen molar-refractivity contribution in [3.8, 4) is 16.9 Å². The van der Waals surface area contributed by atoms with Crippen molar-refractivity contribution in [1.82, 2.24) is 0 Å². The van der Waals surface area contributed by atoms with E-state index in [0.29, 0.717) is 26.3 Å². The number of phenolic OH excluding ortho intramolecular Hbond substituents is 1. The van der Waals surface area contributed by atoms with Crippen molar-refractivity contribution in [2.45, 2.75) is 13.8 Å². The minimum absolute atomic E-state index is 0.153. The number of benzene rings is 3. The second-order valence-electron chi connectivity index (χ2n) is 5.82. The summed E-state index contributed by atoms with van der Waals surface area (Å²) in [7, 11) is 0. The van der Waals surface area contributed by atoms with Gasteiger partial charge in [-0.25, -0.2) is 4.79 Å². The van der Waals surface area contributed by atoms with Gasteiger partial charge in [0.05, 0.1) is 4.70 Å². The molecule has 24 heavy (non-hydrogen) atoms. The summed E-state index contributed by atoms with van der Waals surface area (Å²) in [5.41, 5.74) is 4.06. The highest BCUT2D eigenvalue weighted by Crippen LogP contribution is 2.45. The number of hydrogen-bond acceptors (Lipinski definition) is 4. The first-order valence-corrected chi connectivity index (χ1v) is 8.60. The van der Waals surface area contributed by atoms with Gasteiger partial charge in [-0.1, -0.05) is 35.1 Å². The molecule has 3 aromatic carbocycles. The second kappa shape index (κ2) is 5.36. The molecule has 0 saturated heterocycles. The van der Waals surface area contributed by atoms with Gasteiger partial charge in [0, 0.05) is 21.4 Å². The van der Waals surface area contributed by atoms with Crippen LogP contribution in [0.2, 0.25) is 5.02 Å². The summed E-state index contributed by atoms with van der Waals surface area (Å²) in [5, 5.41) is 13.0. The SMILES string of the molecule is Cc1cc2c(O)c(-c3ccc(Cl)cc3)c3sc(=O)oc3c2cc1C. The smallest absolute Gasteiger partial charge is 0.396 e. The van der Waals surface area contributed by atoms with Gasteiger partial charge in [0.2, 0.25) is 0 Å². The van der Waals surface area contributed by atoms with E-state index in [1.807, 2.05) is 38.1 Å². The highest BCUT2D eigenvalue weighted by Gasteiger charge is 2.20. The van der Waals surface area contributed by atoms with Gasteiger partial charge in [-0.2, -0.15) is 0 Å². The molecular formula is C19H13ClO3S. The van der Waals surface area contributed by atoms with E-state index in [2.05, 4.69) is 0 Å². The van der Waals surface area contributed by atoms with Crippen LogP contribution < -0.4 is 4.94 Å². The van der Waals surface area contributed by atoms with Gasteiger partial charge in [0.25, 0.3) is 0 Å². The van der Waals surface area contributed by atoms with Crippen molar-refractivity contribution < 1.29 is 9.52 Å². The van der Waals surface area contributed by atoms with Crippen LogP contribution in [0.4, 0.5) is 0 Å². The molecule has 0 aliphatic heterocycles. The van der Waals surface area contributed by atoms with E-state index >= 15 is 0 Å². The number of hydrogen-bond donors (Lipinski definition) is 1. The van der Waals surface area contributed by atoms with E-state index in [1.54, 1.807) is 12.1 Å². The van der Waals surface area contributed by atoms with Crippen LogP contribution in [-0.4, -0.2) is 5.11 Å². The van der Waals surface area contributed by atoms with Crippen molar-refractivity contribution >= 4 is 44.0 Å². The number of aromatic hydroxyl groups is 1. The molecule has 0 bridgehead atoms. The van der Waals surface area contributed by atoms with Gasteiger partial charge < -0.3 is 9.52 Å². The third-order valence-corrected chi connectivity index (χ3v) is 5.40. The number of aryl methyl sites for hydroxylation is 2. The van der Waals surface area contributed by atoms with Crippen molar-refractivity contribution in [3.05, 3.63) is 62.3 Å². The van der Waals surface area contributed by atoms with Crippen LogP contribution in [0.25, 0.3) is 32.2 Å². The molecule has 1 N–H and O–H groups in total. The van der Waals surface area contributed by atoms with Crippen LogP contribution in [-0.2, 0) is 0 Å². The fourth-order valence-electron chi connectivity index (χ4n) is 2.95. The van der Waals surface area contributed by atoms with Crippen LogP contribution in [0.3, 0.4) is 0 Å². The molecule has 0 amide bonds. The highest BCUT2D eigenvalue weighted by atomic mass is 35.5. The summed E-state index contributed by atoms with van der Waals surface area (Å²) in [5.74, 6) is 0.153. The lowest BCUT2D eigenvalue weighted by Crippen LogP contribution is -1.87. The van der Waals surface area contributed by atoms with E-state index in [0.717, 1.165) is 33.4 Å². The Labute approximate surface area is 146 Å². The molecular weight excluding hydrogens is 344 g/mol. The highest BCUT2D eigenvalue weighted by molar-refractivity contribution is 7.17. The molecule has 0 aliphatic carbocycles. The topological polar surface area (TPSA) is 50.4 Å². The Bertz CT molecular complexity index is 1150. The van der Waals surface area contributed by atoms with E-state index in [9.17, 15) is 9.90 Å². The Morgan fingerprint density at radius 3 is 2.33 bits per heavy atom. The monoisotopic (exact) mass is 356 g/mol. The third-order valence-electron chi connectivity index (χ3n) is 4.31. The predicted octanol–water partition coefficient (Wildman–Crippen LogP) is 5.65. The van der Waals surface area contributed by atoms with Crippen LogP contribution in [0.15, 0.2) is 45.6 Å². The molecule has 0 atom stereocenters. The van der Waals surface area contributed by atoms with Gasteiger partial charge in [-0.3, -0.25) is 0 Å². The molecule has 0 spiro atoms. The normalized spacial score (nSPS) is 11.5. The molecule has 0 fully saturated rings. The maximum absolute atomic E-state index is 11.9. The van der Waals surface area contributed by atoms with Crippen molar-refractivity contribution in [3.63, 3.8) is 0 Å². The first-order valence-electron chi connectivity index (χ1n) is 7.41. The summed E-state index contributed by atoms with van der Waals surface area (Å²) in [6.07, 6.45) is 0. The number of phenols is 1. The molecule has 5 heteroatoms. The first kappa shape index (κ1) is 15.2. The maximum Gasteiger partial charge on any atom is 0.396 e. The third kappa shape index (κ3) is 2.22. The van der Waals surface area contributed by atoms with Crippen LogP contribution in [0.1, 0.15) is 11.1 Å². The van der Waals surface area contributed by atoms with E-state index in [-0.39, 0.29) is 10.7 Å². The zero-order valence-electron chi connectivity index (χ0n) is 13.0. The van der Waals surface area contributed by atoms with Crippen LogP contribution in [0.5, 0.6) is 5.75 Å². The molecule has 0 aliphatic rings. The van der Waals surface area contributed by atoms with E-state index < -0.39 is 0 Å². The summed E-state index contributed by atoms with van der Waals surface area (Å²) < 4.78 is 6.09. The van der Waals surface area contributed by atoms with Gasteiger partial charge in [-0.05, 0) is 54.8 Å². The number of fused-ring (bicyclic) bond motifs is 3. The minimum atomic E-state index is -0.384. The Hall–Kier alpha value is -2.30. The number of halogens is 1. The molecule has 0 saturated carbocycles. The molecule has 1 heterocycles. The molecule has 3 nitrogen and oxygen atoms in total. The fourth-order valence-corrected chi connectivity index (χ4v) is 3.93. The molecule has 4 aromatic rings. The summed E-state index contributed by atoms with van der Waals surface area (Å²) in [4.78, 5) is 11.5.